The third-order valence-corrected chi connectivity index (χ3v) is 6.98. The Morgan fingerprint density at radius 1 is 0.878 bits per heavy atom. The zero-order valence-corrected chi connectivity index (χ0v) is 23.0. The maximum atomic E-state index is 13.4. The van der Waals surface area contributed by atoms with Crippen molar-refractivity contribution < 1.29 is 28.9 Å². The number of aryl methyl sites for hydroxylation is 1. The number of likely N-dealkylation sites (tertiary alicyclic amines) is 1. The first kappa shape index (κ1) is 27.5. The number of methoxy groups -OCH3 is 2. The van der Waals surface area contributed by atoms with Crippen LogP contribution in [-0.2, 0) is 22.7 Å². The molecule has 8 heteroatoms. The van der Waals surface area contributed by atoms with E-state index in [1.807, 2.05) is 25.1 Å². The van der Waals surface area contributed by atoms with E-state index in [9.17, 15) is 14.7 Å². The molecule has 0 unspecified atom stereocenters. The minimum atomic E-state index is -0.861. The van der Waals surface area contributed by atoms with Crippen LogP contribution in [-0.4, -0.2) is 40.9 Å². The van der Waals surface area contributed by atoms with Gasteiger partial charge in [0.25, 0.3) is 11.7 Å². The number of aromatic nitrogens is 1. The second kappa shape index (κ2) is 12.0. The summed E-state index contributed by atoms with van der Waals surface area (Å²) in [7, 11) is 3.04. The molecular weight excluding hydrogens is 520 g/mol. The summed E-state index contributed by atoms with van der Waals surface area (Å²) in [5, 5.41) is 11.5. The van der Waals surface area contributed by atoms with Crippen molar-refractivity contribution in [3.63, 3.8) is 0 Å². The minimum Gasteiger partial charge on any atom is -0.507 e. The van der Waals surface area contributed by atoms with Gasteiger partial charge in [0.1, 0.15) is 18.1 Å². The monoisotopic (exact) mass is 550 g/mol. The first-order valence-corrected chi connectivity index (χ1v) is 13.1. The molecule has 208 valence electrons. The van der Waals surface area contributed by atoms with Crippen molar-refractivity contribution >= 4 is 17.4 Å². The number of carbonyl (C=O) groups excluding carboxylic acids is 2. The summed E-state index contributed by atoms with van der Waals surface area (Å²) in [5.74, 6) is -0.196. The second-order valence-electron chi connectivity index (χ2n) is 9.70. The van der Waals surface area contributed by atoms with Gasteiger partial charge in [-0.3, -0.25) is 14.6 Å². The number of pyridine rings is 1. The number of amides is 1. The first-order chi connectivity index (χ1) is 19.9. The van der Waals surface area contributed by atoms with Crippen LogP contribution in [0.1, 0.15) is 33.9 Å². The fourth-order valence-corrected chi connectivity index (χ4v) is 4.93. The molecule has 1 saturated heterocycles. The third kappa shape index (κ3) is 5.77. The summed E-state index contributed by atoms with van der Waals surface area (Å²) in [6, 6.07) is 22.7. The summed E-state index contributed by atoms with van der Waals surface area (Å²) in [6.07, 6.45) is 3.25. The molecule has 1 amide bonds. The quantitative estimate of drug-likeness (QED) is 0.164. The Labute approximate surface area is 238 Å². The van der Waals surface area contributed by atoms with Crippen molar-refractivity contribution in [2.24, 2.45) is 0 Å². The molecule has 1 aliphatic heterocycles. The lowest BCUT2D eigenvalue weighted by Gasteiger charge is -2.26. The molecule has 3 aromatic carbocycles. The summed E-state index contributed by atoms with van der Waals surface area (Å²) in [4.78, 5) is 32.3. The molecule has 1 N–H and O–H groups in total. The highest BCUT2D eigenvalue weighted by atomic mass is 16.5. The molecule has 1 fully saturated rings. The largest absolute Gasteiger partial charge is 0.507 e. The highest BCUT2D eigenvalue weighted by molar-refractivity contribution is 6.46. The van der Waals surface area contributed by atoms with Crippen LogP contribution in [0.15, 0.2) is 96.8 Å². The van der Waals surface area contributed by atoms with Gasteiger partial charge in [0.15, 0.2) is 11.5 Å². The van der Waals surface area contributed by atoms with Crippen LogP contribution in [0.25, 0.3) is 5.76 Å². The van der Waals surface area contributed by atoms with E-state index in [0.717, 1.165) is 16.7 Å². The van der Waals surface area contributed by atoms with E-state index in [4.69, 9.17) is 14.2 Å². The highest BCUT2D eigenvalue weighted by Crippen LogP contribution is 2.42. The predicted octanol–water partition coefficient (Wildman–Crippen LogP) is 5.61. The van der Waals surface area contributed by atoms with E-state index < -0.39 is 17.7 Å². The van der Waals surface area contributed by atoms with Gasteiger partial charge in [-0.1, -0.05) is 35.9 Å². The summed E-state index contributed by atoms with van der Waals surface area (Å²) < 4.78 is 16.8. The van der Waals surface area contributed by atoms with E-state index >= 15 is 0 Å². The molecule has 1 atom stereocenters. The van der Waals surface area contributed by atoms with E-state index in [2.05, 4.69) is 11.1 Å². The molecule has 8 nitrogen and oxygen atoms in total. The van der Waals surface area contributed by atoms with Gasteiger partial charge in [-0.2, -0.15) is 0 Å². The van der Waals surface area contributed by atoms with E-state index in [1.54, 1.807) is 67.0 Å². The maximum Gasteiger partial charge on any atom is 0.295 e. The van der Waals surface area contributed by atoms with Gasteiger partial charge in [-0.05, 0) is 72.1 Å². The average molecular weight is 551 g/mol. The Kier molecular flexibility index (Phi) is 8.01. The predicted molar refractivity (Wildman–Crippen MR) is 154 cm³/mol. The maximum absolute atomic E-state index is 13.4. The Bertz CT molecular complexity index is 1600. The van der Waals surface area contributed by atoms with Crippen LogP contribution in [0.5, 0.6) is 17.2 Å². The number of hydrogen-bond donors (Lipinski definition) is 1. The molecule has 1 aliphatic rings. The molecule has 5 rings (SSSR count). The van der Waals surface area contributed by atoms with Gasteiger partial charge in [0.2, 0.25) is 0 Å². The van der Waals surface area contributed by atoms with Crippen LogP contribution < -0.4 is 14.2 Å². The fourth-order valence-electron chi connectivity index (χ4n) is 4.93. The number of benzene rings is 3. The molecule has 1 aromatic heterocycles. The summed E-state index contributed by atoms with van der Waals surface area (Å²) >= 11 is 0. The van der Waals surface area contributed by atoms with Gasteiger partial charge < -0.3 is 24.2 Å². The van der Waals surface area contributed by atoms with Crippen molar-refractivity contribution in [1.82, 2.24) is 9.88 Å². The third-order valence-electron chi connectivity index (χ3n) is 6.98. The number of hydrogen-bond acceptors (Lipinski definition) is 7. The van der Waals surface area contributed by atoms with Crippen molar-refractivity contribution in [1.29, 1.82) is 0 Å². The van der Waals surface area contributed by atoms with Gasteiger partial charge >= 0.3 is 0 Å². The van der Waals surface area contributed by atoms with Crippen molar-refractivity contribution in [3.05, 3.63) is 125 Å². The first-order valence-electron chi connectivity index (χ1n) is 13.1. The lowest BCUT2D eigenvalue weighted by Crippen LogP contribution is -2.29. The van der Waals surface area contributed by atoms with Gasteiger partial charge in [-0.15, -0.1) is 0 Å². The lowest BCUT2D eigenvalue weighted by molar-refractivity contribution is -0.140. The molecule has 4 aromatic rings. The van der Waals surface area contributed by atoms with E-state index in [1.165, 1.54) is 19.1 Å². The molecule has 0 saturated carbocycles. The van der Waals surface area contributed by atoms with Crippen molar-refractivity contribution in [2.45, 2.75) is 26.1 Å². The lowest BCUT2D eigenvalue weighted by atomic mass is 9.94. The molecule has 2 heterocycles. The standard InChI is InChI=1S/C33H30N2O6/c1-21-5-4-6-23(17-21)20-41-26-10-7-24(8-11-26)31(36)29-30(25-9-12-27(39-2)28(18-25)40-3)35(33(38)32(29)37)19-22-13-15-34-16-14-22/h4-18,30,36H,19-20H2,1-3H3/t30-/m1/s1. The second-order valence-corrected chi connectivity index (χ2v) is 9.70. The number of carbonyl (C=O) groups is 2. The van der Waals surface area contributed by atoms with E-state index in [-0.39, 0.29) is 17.9 Å². The number of aliphatic hydroxyl groups is 1. The summed E-state index contributed by atoms with van der Waals surface area (Å²) in [6.45, 7) is 2.57. The normalized spacial score (nSPS) is 16.1. The molecular formula is C33H30N2O6. The topological polar surface area (TPSA) is 98.2 Å². The molecule has 0 spiro atoms. The van der Waals surface area contributed by atoms with Crippen LogP contribution in [0.4, 0.5) is 0 Å². The van der Waals surface area contributed by atoms with Crippen LogP contribution >= 0.6 is 0 Å². The smallest absolute Gasteiger partial charge is 0.295 e. The number of ketones is 1. The van der Waals surface area contributed by atoms with Crippen molar-refractivity contribution in [2.75, 3.05) is 14.2 Å². The Morgan fingerprint density at radius 2 is 1.61 bits per heavy atom. The average Bonchev–Trinajstić information content (AvgIpc) is 3.25. The Hall–Kier alpha value is -5.11. The SMILES string of the molecule is COc1ccc([C@@H]2C(=C(O)c3ccc(OCc4cccc(C)c4)cc3)C(=O)C(=O)N2Cc2ccncc2)cc1OC. The highest BCUT2D eigenvalue weighted by Gasteiger charge is 2.46. The van der Waals surface area contributed by atoms with Gasteiger partial charge in [-0.25, -0.2) is 0 Å². The molecule has 41 heavy (non-hydrogen) atoms. The van der Waals surface area contributed by atoms with Gasteiger partial charge in [0, 0.05) is 24.5 Å². The zero-order valence-electron chi connectivity index (χ0n) is 23.0. The number of aliphatic hydroxyl groups excluding tert-OH is 1. The number of ether oxygens (including phenoxy) is 3. The van der Waals surface area contributed by atoms with Crippen molar-refractivity contribution in [3.8, 4) is 17.2 Å². The molecule has 0 bridgehead atoms. The number of rotatable bonds is 9. The summed E-state index contributed by atoms with van der Waals surface area (Å²) in [5.41, 5.74) is 3.96. The number of Topliss-reactive ketones (excluding diaryl/α,β-unsaturated/α-hetero) is 1. The minimum absolute atomic E-state index is 0.00953. The van der Waals surface area contributed by atoms with Crippen LogP contribution in [0.3, 0.4) is 0 Å². The van der Waals surface area contributed by atoms with Crippen LogP contribution in [0, 0.1) is 6.92 Å². The molecule has 0 radical (unpaired) electrons. The van der Waals surface area contributed by atoms with E-state index in [0.29, 0.717) is 35.0 Å². The Balaban J connectivity index is 1.51. The van der Waals surface area contributed by atoms with Crippen LogP contribution in [0.2, 0.25) is 0 Å². The van der Waals surface area contributed by atoms with Gasteiger partial charge in [0.05, 0.1) is 25.8 Å². The number of nitrogens with zero attached hydrogens (tertiary/aromatic N) is 2. The fraction of sp³-hybridized carbons (Fsp3) is 0.182. The Morgan fingerprint density at radius 3 is 2.29 bits per heavy atom. The molecule has 0 aliphatic carbocycles. The zero-order chi connectivity index (χ0) is 28.9.